The number of carbonyl (C=O) groups excluding carboxylic acids is 1. The molecule has 124 valence electrons. The Morgan fingerprint density at radius 2 is 2.04 bits per heavy atom. The number of amides is 1. The number of aromatic nitrogens is 2. The first-order valence-corrected chi connectivity index (χ1v) is 7.70. The monoisotopic (exact) mass is 319 g/mol. The van der Waals surface area contributed by atoms with E-state index in [1.165, 1.54) is 12.1 Å². The molecule has 5 nitrogen and oxygen atoms in total. The number of carbonyl (C=O) groups is 1. The van der Waals surface area contributed by atoms with Crippen molar-refractivity contribution in [3.8, 4) is 5.69 Å². The lowest BCUT2D eigenvalue weighted by Crippen LogP contribution is -2.30. The highest BCUT2D eigenvalue weighted by molar-refractivity contribution is 5.95. The summed E-state index contributed by atoms with van der Waals surface area (Å²) in [6, 6.07) is 6.00. The average molecular weight is 319 g/mol. The van der Waals surface area contributed by atoms with Crippen molar-refractivity contribution >= 4 is 5.91 Å². The zero-order valence-corrected chi connectivity index (χ0v) is 13.7. The maximum atomic E-state index is 13.1. The Bertz CT molecular complexity index is 665. The third kappa shape index (κ3) is 3.96. The van der Waals surface area contributed by atoms with E-state index in [9.17, 15) is 14.3 Å². The molecule has 1 unspecified atom stereocenters. The molecule has 0 aliphatic rings. The van der Waals surface area contributed by atoms with Crippen LogP contribution in [0.25, 0.3) is 5.69 Å². The number of benzene rings is 1. The van der Waals surface area contributed by atoms with Crippen LogP contribution in [0.2, 0.25) is 0 Å². The fourth-order valence-electron chi connectivity index (χ4n) is 2.39. The van der Waals surface area contributed by atoms with Crippen LogP contribution in [-0.4, -0.2) is 45.4 Å². The van der Waals surface area contributed by atoms with Gasteiger partial charge in [-0.25, -0.2) is 9.07 Å². The quantitative estimate of drug-likeness (QED) is 0.889. The van der Waals surface area contributed by atoms with Gasteiger partial charge < -0.3 is 10.0 Å². The Hall–Kier alpha value is -2.21. The predicted octanol–water partition coefficient (Wildman–Crippen LogP) is 2.42. The minimum absolute atomic E-state index is 0.129. The second kappa shape index (κ2) is 7.37. The van der Waals surface area contributed by atoms with Gasteiger partial charge in [-0.2, -0.15) is 5.10 Å². The van der Waals surface area contributed by atoms with Crippen LogP contribution in [0.1, 0.15) is 36.3 Å². The maximum Gasteiger partial charge on any atom is 0.257 e. The molecule has 1 atom stereocenters. The Balaban J connectivity index is 2.27. The summed E-state index contributed by atoms with van der Waals surface area (Å²) in [7, 11) is 1.71. The van der Waals surface area contributed by atoms with Gasteiger partial charge in [-0.3, -0.25) is 4.79 Å². The molecule has 1 N–H and O–H groups in total. The van der Waals surface area contributed by atoms with E-state index in [2.05, 4.69) is 5.10 Å². The summed E-state index contributed by atoms with van der Waals surface area (Å²) in [4.78, 5) is 14.1. The summed E-state index contributed by atoms with van der Waals surface area (Å²) in [5.74, 6) is -0.441. The van der Waals surface area contributed by atoms with Crippen molar-refractivity contribution < 1.29 is 14.3 Å². The summed E-state index contributed by atoms with van der Waals surface area (Å²) in [5.41, 5.74) is 2.03. The van der Waals surface area contributed by atoms with E-state index >= 15 is 0 Å². The molecule has 2 rings (SSSR count). The highest BCUT2D eigenvalue weighted by Crippen LogP contribution is 2.18. The van der Waals surface area contributed by atoms with Crippen molar-refractivity contribution in [1.29, 1.82) is 0 Å². The minimum Gasteiger partial charge on any atom is -0.393 e. The molecule has 1 amide bonds. The highest BCUT2D eigenvalue weighted by atomic mass is 19.1. The lowest BCUT2D eigenvalue weighted by atomic mass is 10.1. The van der Waals surface area contributed by atoms with Crippen molar-refractivity contribution in [3.05, 3.63) is 47.5 Å². The molecule has 0 saturated carbocycles. The Labute approximate surface area is 135 Å². The van der Waals surface area contributed by atoms with E-state index in [1.54, 1.807) is 41.9 Å². The summed E-state index contributed by atoms with van der Waals surface area (Å²) in [6.45, 7) is 4.12. The molecular formula is C17H22FN3O2. The van der Waals surface area contributed by atoms with Crippen LogP contribution in [0.15, 0.2) is 30.5 Å². The summed E-state index contributed by atoms with van der Waals surface area (Å²) < 4.78 is 14.7. The number of nitrogens with zero attached hydrogens (tertiary/aromatic N) is 3. The van der Waals surface area contributed by atoms with Crippen molar-refractivity contribution in [2.45, 2.75) is 32.8 Å². The predicted molar refractivity (Wildman–Crippen MR) is 86.2 cm³/mol. The number of rotatable bonds is 6. The highest BCUT2D eigenvalue weighted by Gasteiger charge is 2.20. The van der Waals surface area contributed by atoms with Crippen molar-refractivity contribution in [1.82, 2.24) is 14.7 Å². The Morgan fingerprint density at radius 3 is 2.61 bits per heavy atom. The molecule has 0 aliphatic heterocycles. The van der Waals surface area contributed by atoms with Crippen LogP contribution >= 0.6 is 0 Å². The molecule has 1 heterocycles. The van der Waals surface area contributed by atoms with Crippen molar-refractivity contribution in [2.75, 3.05) is 13.6 Å². The van der Waals surface area contributed by atoms with E-state index in [0.29, 0.717) is 30.6 Å². The SMILES string of the molecule is CCc1c(C(=O)N(C)CCC(C)O)cnn1-c1ccc(F)cc1. The molecule has 0 fully saturated rings. The van der Waals surface area contributed by atoms with Gasteiger partial charge in [0.15, 0.2) is 0 Å². The second-order valence-electron chi connectivity index (χ2n) is 5.61. The van der Waals surface area contributed by atoms with Crippen LogP contribution < -0.4 is 0 Å². The Morgan fingerprint density at radius 1 is 1.39 bits per heavy atom. The van der Waals surface area contributed by atoms with Gasteiger partial charge in [0, 0.05) is 13.6 Å². The summed E-state index contributed by atoms with van der Waals surface area (Å²) in [6.07, 6.45) is 2.25. The van der Waals surface area contributed by atoms with Gasteiger partial charge in [-0.15, -0.1) is 0 Å². The first-order valence-electron chi connectivity index (χ1n) is 7.70. The lowest BCUT2D eigenvalue weighted by molar-refractivity contribution is 0.0768. The largest absolute Gasteiger partial charge is 0.393 e. The van der Waals surface area contributed by atoms with Gasteiger partial charge in [0.2, 0.25) is 0 Å². The number of halogens is 1. The summed E-state index contributed by atoms with van der Waals surface area (Å²) >= 11 is 0. The molecule has 23 heavy (non-hydrogen) atoms. The molecular weight excluding hydrogens is 297 g/mol. The van der Waals surface area contributed by atoms with Gasteiger partial charge in [0.05, 0.1) is 29.2 Å². The van der Waals surface area contributed by atoms with Crippen LogP contribution in [0.5, 0.6) is 0 Å². The molecule has 0 spiro atoms. The molecule has 2 aromatic rings. The third-order valence-electron chi connectivity index (χ3n) is 3.73. The number of aliphatic hydroxyl groups excluding tert-OH is 1. The van der Waals surface area contributed by atoms with E-state index < -0.39 is 6.10 Å². The third-order valence-corrected chi connectivity index (χ3v) is 3.73. The smallest absolute Gasteiger partial charge is 0.257 e. The van der Waals surface area contributed by atoms with E-state index in [4.69, 9.17) is 0 Å². The van der Waals surface area contributed by atoms with Gasteiger partial charge >= 0.3 is 0 Å². The van der Waals surface area contributed by atoms with Crippen molar-refractivity contribution in [3.63, 3.8) is 0 Å². The van der Waals surface area contributed by atoms with Gasteiger partial charge in [-0.05, 0) is 44.0 Å². The number of hydrogen-bond donors (Lipinski definition) is 1. The van der Waals surface area contributed by atoms with Gasteiger partial charge in [0.1, 0.15) is 5.82 Å². The normalized spacial score (nSPS) is 12.2. The topological polar surface area (TPSA) is 58.4 Å². The van der Waals surface area contributed by atoms with Crippen LogP contribution in [0.4, 0.5) is 4.39 Å². The number of hydrogen-bond acceptors (Lipinski definition) is 3. The van der Waals surface area contributed by atoms with E-state index in [1.807, 2.05) is 6.92 Å². The molecule has 0 aliphatic carbocycles. The standard InChI is InChI=1S/C17H22FN3O2/c1-4-16-15(17(23)20(3)10-9-12(2)22)11-19-21(16)14-7-5-13(18)6-8-14/h5-8,11-12,22H,4,9-10H2,1-3H3. The number of aliphatic hydroxyl groups is 1. The first-order chi connectivity index (χ1) is 10.9. The molecule has 0 radical (unpaired) electrons. The molecule has 0 bridgehead atoms. The first kappa shape index (κ1) is 17.1. The second-order valence-corrected chi connectivity index (χ2v) is 5.61. The molecule has 6 heteroatoms. The lowest BCUT2D eigenvalue weighted by Gasteiger charge is -2.18. The van der Waals surface area contributed by atoms with Gasteiger partial charge in [0.25, 0.3) is 5.91 Å². The zero-order valence-electron chi connectivity index (χ0n) is 13.7. The van der Waals surface area contributed by atoms with Gasteiger partial charge in [-0.1, -0.05) is 6.92 Å². The fourth-order valence-corrected chi connectivity index (χ4v) is 2.39. The maximum absolute atomic E-state index is 13.1. The molecule has 0 saturated heterocycles. The zero-order chi connectivity index (χ0) is 17.0. The van der Waals surface area contributed by atoms with Crippen LogP contribution in [0, 0.1) is 5.82 Å². The fraction of sp³-hybridized carbons (Fsp3) is 0.412. The summed E-state index contributed by atoms with van der Waals surface area (Å²) in [5, 5.41) is 13.6. The average Bonchev–Trinajstić information content (AvgIpc) is 2.96. The van der Waals surface area contributed by atoms with E-state index in [0.717, 1.165) is 5.69 Å². The van der Waals surface area contributed by atoms with Crippen LogP contribution in [-0.2, 0) is 6.42 Å². The van der Waals surface area contributed by atoms with Crippen molar-refractivity contribution in [2.24, 2.45) is 0 Å². The minimum atomic E-state index is -0.446. The molecule has 1 aromatic carbocycles. The Kier molecular flexibility index (Phi) is 5.50. The van der Waals surface area contributed by atoms with Crippen LogP contribution in [0.3, 0.4) is 0 Å². The molecule has 1 aromatic heterocycles. The van der Waals surface area contributed by atoms with E-state index in [-0.39, 0.29) is 11.7 Å².